The first-order valence-corrected chi connectivity index (χ1v) is 13.8. The van der Waals surface area contributed by atoms with Crippen molar-refractivity contribution in [2.45, 2.75) is 19.8 Å². The second-order valence-electron chi connectivity index (χ2n) is 10.9. The van der Waals surface area contributed by atoms with Gasteiger partial charge in [0.2, 0.25) is 17.7 Å². The average Bonchev–Trinajstić information content (AvgIpc) is 3.74. The van der Waals surface area contributed by atoms with E-state index in [2.05, 4.69) is 25.6 Å². The molecule has 1 aliphatic carbocycles. The molecule has 2 aromatic carbocycles. The van der Waals surface area contributed by atoms with Crippen LogP contribution in [0.1, 0.15) is 28.8 Å². The Morgan fingerprint density at radius 2 is 1.58 bits per heavy atom. The monoisotopic (exact) mass is 589 g/mol. The van der Waals surface area contributed by atoms with Gasteiger partial charge >= 0.3 is 0 Å². The number of hydrogen-bond donors (Lipinski definition) is 2. The molecule has 222 valence electrons. The van der Waals surface area contributed by atoms with Crippen LogP contribution in [0.4, 0.5) is 20.2 Å². The van der Waals surface area contributed by atoms with Gasteiger partial charge in [0.15, 0.2) is 11.6 Å². The van der Waals surface area contributed by atoms with Crippen molar-refractivity contribution < 1.29 is 27.9 Å². The quantitative estimate of drug-likeness (QED) is 0.314. The number of nitrogens with one attached hydrogen (secondary N) is 2. The molecule has 3 heterocycles. The number of nitrogens with zero attached hydrogens (tertiary/aromatic N) is 5. The molecule has 1 saturated heterocycles. The third-order valence-corrected chi connectivity index (χ3v) is 7.93. The van der Waals surface area contributed by atoms with E-state index in [4.69, 9.17) is 4.74 Å². The van der Waals surface area contributed by atoms with Crippen molar-refractivity contribution in [2.75, 3.05) is 43.9 Å². The van der Waals surface area contributed by atoms with Crippen molar-refractivity contribution in [2.24, 2.45) is 5.41 Å². The Labute approximate surface area is 245 Å². The van der Waals surface area contributed by atoms with Gasteiger partial charge in [0.05, 0.1) is 5.56 Å². The highest BCUT2D eigenvalue weighted by Gasteiger charge is 2.56. The fourth-order valence-corrected chi connectivity index (χ4v) is 5.08. The number of anilines is 2. The second-order valence-corrected chi connectivity index (χ2v) is 10.9. The minimum atomic E-state index is -1.29. The number of hydrogen-bond acceptors (Lipinski definition) is 7. The molecule has 0 spiro atoms. The number of carbonyl (C=O) groups is 3. The van der Waals surface area contributed by atoms with Gasteiger partial charge in [0, 0.05) is 49.8 Å². The molecule has 3 amide bonds. The number of aromatic nitrogens is 3. The summed E-state index contributed by atoms with van der Waals surface area (Å²) in [7, 11) is 2.01. The standard InChI is InChI=1S/C30H29F2N7O4/c1-18-22(27(40)38-13-11-37(2)12-14-38)16-39-25(18)26(33-17-34-39)43-24-8-7-21(15-23(24)32)36-29(42)30(9-10-30)28(41)35-20-5-3-19(31)4-6-20/h3-8,15-17H,9-14H2,1-2H3,(H,35,41)(H,36,42). The number of ether oxygens (including phenoxy) is 1. The van der Waals surface area contributed by atoms with E-state index in [0.717, 1.165) is 19.2 Å². The highest BCUT2D eigenvalue weighted by atomic mass is 19.1. The molecule has 4 aromatic rings. The minimum Gasteiger partial charge on any atom is -0.434 e. The molecule has 0 atom stereocenters. The van der Waals surface area contributed by atoms with Crippen molar-refractivity contribution in [3.8, 4) is 11.6 Å². The van der Waals surface area contributed by atoms with Crippen LogP contribution < -0.4 is 15.4 Å². The molecule has 11 nitrogen and oxygen atoms in total. The minimum absolute atomic E-state index is 0.0648. The Kier molecular flexibility index (Phi) is 7.26. The predicted octanol–water partition coefficient (Wildman–Crippen LogP) is 3.85. The molecule has 0 bridgehead atoms. The van der Waals surface area contributed by atoms with E-state index < -0.39 is 28.9 Å². The molecule has 1 aliphatic heterocycles. The lowest BCUT2D eigenvalue weighted by molar-refractivity contribution is -0.131. The summed E-state index contributed by atoms with van der Waals surface area (Å²) in [6.45, 7) is 4.57. The molecule has 2 fully saturated rings. The van der Waals surface area contributed by atoms with E-state index in [-0.39, 0.29) is 23.2 Å². The van der Waals surface area contributed by atoms with Crippen LogP contribution in [-0.2, 0) is 9.59 Å². The summed E-state index contributed by atoms with van der Waals surface area (Å²) in [5.74, 6) is -2.50. The number of amides is 3. The number of benzene rings is 2. The Morgan fingerprint density at radius 1 is 0.930 bits per heavy atom. The number of carbonyl (C=O) groups excluding carboxylic acids is 3. The fraction of sp³-hybridized carbons (Fsp3) is 0.300. The maximum absolute atomic E-state index is 15.2. The third-order valence-electron chi connectivity index (χ3n) is 7.93. The van der Waals surface area contributed by atoms with E-state index in [1.54, 1.807) is 18.0 Å². The zero-order chi connectivity index (χ0) is 30.3. The maximum Gasteiger partial charge on any atom is 0.255 e. The molecule has 2 aromatic heterocycles. The van der Waals surface area contributed by atoms with Crippen molar-refractivity contribution >= 4 is 34.6 Å². The van der Waals surface area contributed by atoms with E-state index >= 15 is 4.39 Å². The molecule has 0 unspecified atom stereocenters. The van der Waals surface area contributed by atoms with Gasteiger partial charge in [-0.3, -0.25) is 14.4 Å². The summed E-state index contributed by atoms with van der Waals surface area (Å²) in [6.07, 6.45) is 3.53. The zero-order valence-corrected chi connectivity index (χ0v) is 23.6. The molecule has 2 aliphatic rings. The van der Waals surface area contributed by atoms with Crippen LogP contribution in [0.15, 0.2) is 55.0 Å². The maximum atomic E-state index is 15.2. The summed E-state index contributed by atoms with van der Waals surface area (Å²) in [5, 5.41) is 9.45. The smallest absolute Gasteiger partial charge is 0.255 e. The van der Waals surface area contributed by atoms with Gasteiger partial charge < -0.3 is 25.2 Å². The van der Waals surface area contributed by atoms with E-state index in [1.807, 2.05) is 7.05 Å². The van der Waals surface area contributed by atoms with Crippen molar-refractivity contribution in [1.29, 1.82) is 0 Å². The summed E-state index contributed by atoms with van der Waals surface area (Å²) in [6, 6.07) is 9.11. The van der Waals surface area contributed by atoms with Crippen LogP contribution in [-0.4, -0.2) is 75.3 Å². The summed E-state index contributed by atoms with van der Waals surface area (Å²) < 4.78 is 35.7. The summed E-state index contributed by atoms with van der Waals surface area (Å²) in [5.41, 5.74) is 0.717. The average molecular weight is 590 g/mol. The van der Waals surface area contributed by atoms with Crippen molar-refractivity contribution in [3.63, 3.8) is 0 Å². The Hall–Kier alpha value is -4.91. The highest BCUT2D eigenvalue weighted by Crippen LogP contribution is 2.47. The predicted molar refractivity (Wildman–Crippen MR) is 153 cm³/mol. The zero-order valence-electron chi connectivity index (χ0n) is 23.6. The lowest BCUT2D eigenvalue weighted by atomic mass is 10.0. The molecule has 2 N–H and O–H groups in total. The molecule has 6 rings (SSSR count). The number of likely N-dealkylation sites (N-methyl/N-ethyl adjacent to an activating group) is 1. The van der Waals surface area contributed by atoms with Crippen LogP contribution in [0, 0.1) is 24.0 Å². The van der Waals surface area contributed by atoms with Crippen LogP contribution in [0.5, 0.6) is 11.6 Å². The van der Waals surface area contributed by atoms with E-state index in [0.29, 0.717) is 48.3 Å². The second kappa shape index (κ2) is 11.1. The first-order chi connectivity index (χ1) is 20.6. The van der Waals surface area contributed by atoms with E-state index in [9.17, 15) is 18.8 Å². The SMILES string of the molecule is Cc1c(C(=O)N2CCN(C)CC2)cn2ncnc(Oc3ccc(NC(=O)C4(C(=O)Nc5ccc(F)cc5)CC4)cc3F)c12. The normalized spacial score (nSPS) is 16.1. The summed E-state index contributed by atoms with van der Waals surface area (Å²) >= 11 is 0. The molecule has 13 heteroatoms. The van der Waals surface area contributed by atoms with Crippen LogP contribution in [0.25, 0.3) is 5.52 Å². The molecule has 43 heavy (non-hydrogen) atoms. The van der Waals surface area contributed by atoms with Gasteiger partial charge in [-0.05, 0) is 68.8 Å². The van der Waals surface area contributed by atoms with Crippen molar-refractivity contribution in [3.05, 3.63) is 77.8 Å². The molecule has 1 saturated carbocycles. The number of fused-ring (bicyclic) bond motifs is 1. The lowest BCUT2D eigenvalue weighted by Crippen LogP contribution is -2.47. The first-order valence-electron chi connectivity index (χ1n) is 13.8. The number of halogens is 2. The van der Waals surface area contributed by atoms with Gasteiger partial charge in [-0.15, -0.1) is 0 Å². The van der Waals surface area contributed by atoms with Gasteiger partial charge in [-0.1, -0.05) is 0 Å². The van der Waals surface area contributed by atoms with Crippen LogP contribution >= 0.6 is 0 Å². The third kappa shape index (κ3) is 5.50. The van der Waals surface area contributed by atoms with Gasteiger partial charge in [-0.2, -0.15) is 10.1 Å². The topological polar surface area (TPSA) is 121 Å². The number of rotatable bonds is 7. The lowest BCUT2D eigenvalue weighted by Gasteiger charge is -2.32. The molecule has 0 radical (unpaired) electrons. The number of aryl methyl sites for hydroxylation is 1. The first kappa shape index (κ1) is 28.2. The summed E-state index contributed by atoms with van der Waals surface area (Å²) in [4.78, 5) is 47.2. The van der Waals surface area contributed by atoms with Gasteiger partial charge in [-0.25, -0.2) is 13.3 Å². The fourth-order valence-electron chi connectivity index (χ4n) is 5.08. The van der Waals surface area contributed by atoms with E-state index in [1.165, 1.54) is 47.2 Å². The Balaban J connectivity index is 1.16. The molecular weight excluding hydrogens is 560 g/mol. The number of piperazine rings is 1. The Morgan fingerprint density at radius 3 is 2.23 bits per heavy atom. The van der Waals surface area contributed by atoms with Crippen molar-refractivity contribution in [1.82, 2.24) is 24.4 Å². The van der Waals surface area contributed by atoms with Crippen LogP contribution in [0.2, 0.25) is 0 Å². The molecular formula is C30H29F2N7O4. The van der Waals surface area contributed by atoms with Gasteiger partial charge in [0.25, 0.3) is 5.91 Å². The van der Waals surface area contributed by atoms with Crippen LogP contribution in [0.3, 0.4) is 0 Å². The van der Waals surface area contributed by atoms with Gasteiger partial charge in [0.1, 0.15) is 23.1 Å². The Bertz CT molecular complexity index is 1730. The largest absolute Gasteiger partial charge is 0.434 e. The highest BCUT2D eigenvalue weighted by molar-refractivity contribution is 6.16.